The van der Waals surface area contributed by atoms with E-state index in [1.165, 1.54) is 16.7 Å². The first kappa shape index (κ1) is 15.4. The number of benzene rings is 2. The van der Waals surface area contributed by atoms with Crippen molar-refractivity contribution >= 4 is 0 Å². The zero-order valence-electron chi connectivity index (χ0n) is 13.0. The summed E-state index contributed by atoms with van der Waals surface area (Å²) in [6.45, 7) is 0.989. The summed E-state index contributed by atoms with van der Waals surface area (Å²) in [5, 5.41) is 3.20. The summed E-state index contributed by atoms with van der Waals surface area (Å²) in [6.07, 6.45) is 1.94. The molecule has 0 saturated heterocycles. The molecule has 0 bridgehead atoms. The third-order valence-electron chi connectivity index (χ3n) is 3.61. The van der Waals surface area contributed by atoms with Crippen molar-refractivity contribution in [3.05, 3.63) is 59.2 Å². The van der Waals surface area contributed by atoms with Crippen LogP contribution in [0.15, 0.2) is 42.5 Å². The minimum Gasteiger partial charge on any atom is -0.493 e. The molecule has 112 valence electrons. The second-order valence-corrected chi connectivity index (χ2v) is 4.99. The standard InChI is InChI=1S/C18H23NO2/c1-19-11-10-15-6-4-5-7-16(15)12-14-8-9-17(20-2)18(13-14)21-3/h4-9,13,19H,10-12H2,1-3H3. The monoisotopic (exact) mass is 285 g/mol. The number of likely N-dealkylation sites (N-methyl/N-ethyl adjacent to an activating group) is 1. The first-order chi connectivity index (χ1) is 10.3. The highest BCUT2D eigenvalue weighted by molar-refractivity contribution is 5.44. The number of hydrogen-bond donors (Lipinski definition) is 1. The van der Waals surface area contributed by atoms with Crippen LogP contribution in [0.1, 0.15) is 16.7 Å². The zero-order chi connectivity index (χ0) is 15.1. The van der Waals surface area contributed by atoms with E-state index in [9.17, 15) is 0 Å². The Hall–Kier alpha value is -2.00. The molecular weight excluding hydrogens is 262 g/mol. The summed E-state index contributed by atoms with van der Waals surface area (Å²) in [6, 6.07) is 14.7. The Balaban J connectivity index is 2.21. The normalized spacial score (nSPS) is 10.4. The van der Waals surface area contributed by atoms with Crippen LogP contribution in [0.25, 0.3) is 0 Å². The van der Waals surface area contributed by atoms with Crippen molar-refractivity contribution in [3.8, 4) is 11.5 Å². The van der Waals surface area contributed by atoms with Gasteiger partial charge in [-0.15, -0.1) is 0 Å². The molecule has 21 heavy (non-hydrogen) atoms. The van der Waals surface area contributed by atoms with Gasteiger partial charge < -0.3 is 14.8 Å². The number of nitrogens with one attached hydrogen (secondary N) is 1. The van der Waals surface area contributed by atoms with Gasteiger partial charge in [0.15, 0.2) is 11.5 Å². The Bertz CT molecular complexity index is 581. The fraction of sp³-hybridized carbons (Fsp3) is 0.333. The lowest BCUT2D eigenvalue weighted by atomic mass is 9.97. The summed E-state index contributed by atoms with van der Waals surface area (Å²) in [7, 11) is 5.31. The van der Waals surface area contributed by atoms with Gasteiger partial charge in [-0.2, -0.15) is 0 Å². The molecular formula is C18H23NO2. The van der Waals surface area contributed by atoms with Crippen molar-refractivity contribution in [3.63, 3.8) is 0 Å². The average molecular weight is 285 g/mol. The van der Waals surface area contributed by atoms with Gasteiger partial charge in [0.05, 0.1) is 14.2 Å². The molecule has 0 aliphatic carbocycles. The van der Waals surface area contributed by atoms with Gasteiger partial charge in [-0.1, -0.05) is 30.3 Å². The second kappa shape index (κ2) is 7.70. The van der Waals surface area contributed by atoms with E-state index in [-0.39, 0.29) is 0 Å². The van der Waals surface area contributed by atoms with Crippen molar-refractivity contribution < 1.29 is 9.47 Å². The van der Waals surface area contributed by atoms with E-state index in [0.29, 0.717) is 0 Å². The molecule has 0 radical (unpaired) electrons. The van der Waals surface area contributed by atoms with Gasteiger partial charge >= 0.3 is 0 Å². The minimum absolute atomic E-state index is 0.768. The van der Waals surface area contributed by atoms with Gasteiger partial charge in [-0.25, -0.2) is 0 Å². The lowest BCUT2D eigenvalue weighted by molar-refractivity contribution is 0.354. The largest absolute Gasteiger partial charge is 0.493 e. The Morgan fingerprint density at radius 1 is 0.905 bits per heavy atom. The summed E-state index contributed by atoms with van der Waals surface area (Å²) in [4.78, 5) is 0. The Kier molecular flexibility index (Phi) is 5.64. The fourth-order valence-electron chi connectivity index (χ4n) is 2.44. The lowest BCUT2D eigenvalue weighted by Gasteiger charge is -2.12. The zero-order valence-corrected chi connectivity index (χ0v) is 13.0. The van der Waals surface area contributed by atoms with E-state index in [1.54, 1.807) is 14.2 Å². The maximum atomic E-state index is 5.37. The number of methoxy groups -OCH3 is 2. The molecule has 1 N–H and O–H groups in total. The molecule has 0 unspecified atom stereocenters. The van der Waals surface area contributed by atoms with Crippen LogP contribution in [0.2, 0.25) is 0 Å². The molecule has 0 atom stereocenters. The molecule has 0 heterocycles. The van der Waals surface area contributed by atoms with Gasteiger partial charge in [0.2, 0.25) is 0 Å². The Morgan fingerprint density at radius 2 is 1.62 bits per heavy atom. The molecule has 2 rings (SSSR count). The molecule has 0 fully saturated rings. The predicted octanol–water partition coefficient (Wildman–Crippen LogP) is 3.06. The van der Waals surface area contributed by atoms with Crippen molar-refractivity contribution in [1.29, 1.82) is 0 Å². The third-order valence-corrected chi connectivity index (χ3v) is 3.61. The van der Waals surface area contributed by atoms with E-state index in [1.807, 2.05) is 19.2 Å². The van der Waals surface area contributed by atoms with E-state index >= 15 is 0 Å². The predicted molar refractivity (Wildman–Crippen MR) is 86.4 cm³/mol. The van der Waals surface area contributed by atoms with E-state index < -0.39 is 0 Å². The van der Waals surface area contributed by atoms with Crippen molar-refractivity contribution in [2.75, 3.05) is 27.8 Å². The van der Waals surface area contributed by atoms with Gasteiger partial charge in [0, 0.05) is 0 Å². The van der Waals surface area contributed by atoms with Crippen molar-refractivity contribution in [2.24, 2.45) is 0 Å². The van der Waals surface area contributed by atoms with Crippen LogP contribution in [-0.2, 0) is 12.8 Å². The summed E-state index contributed by atoms with van der Waals surface area (Å²) < 4.78 is 10.7. The SMILES string of the molecule is CNCCc1ccccc1Cc1ccc(OC)c(OC)c1. The highest BCUT2D eigenvalue weighted by Crippen LogP contribution is 2.28. The topological polar surface area (TPSA) is 30.5 Å². The molecule has 0 amide bonds. The minimum atomic E-state index is 0.768. The molecule has 0 spiro atoms. The molecule has 0 aromatic heterocycles. The first-order valence-electron chi connectivity index (χ1n) is 7.20. The average Bonchev–Trinajstić information content (AvgIpc) is 2.54. The summed E-state index contributed by atoms with van der Waals surface area (Å²) >= 11 is 0. The molecule has 3 nitrogen and oxygen atoms in total. The van der Waals surface area contributed by atoms with Crippen LogP contribution in [0, 0.1) is 0 Å². The van der Waals surface area contributed by atoms with E-state index in [2.05, 4.69) is 35.6 Å². The molecule has 0 aliphatic heterocycles. The van der Waals surface area contributed by atoms with Gasteiger partial charge in [-0.3, -0.25) is 0 Å². The maximum Gasteiger partial charge on any atom is 0.160 e. The number of ether oxygens (including phenoxy) is 2. The van der Waals surface area contributed by atoms with Crippen LogP contribution in [0.3, 0.4) is 0 Å². The second-order valence-electron chi connectivity index (χ2n) is 4.99. The van der Waals surface area contributed by atoms with Crippen LogP contribution in [-0.4, -0.2) is 27.8 Å². The maximum absolute atomic E-state index is 5.37. The molecule has 2 aromatic rings. The van der Waals surface area contributed by atoms with Crippen molar-refractivity contribution in [1.82, 2.24) is 5.32 Å². The quantitative estimate of drug-likeness (QED) is 0.848. The Morgan fingerprint density at radius 3 is 2.29 bits per heavy atom. The van der Waals surface area contributed by atoms with Crippen molar-refractivity contribution in [2.45, 2.75) is 12.8 Å². The van der Waals surface area contributed by atoms with Gasteiger partial charge in [-0.05, 0) is 55.3 Å². The third kappa shape index (κ3) is 3.99. The number of rotatable bonds is 7. The molecule has 0 aliphatic rings. The van der Waals surface area contributed by atoms with E-state index in [4.69, 9.17) is 9.47 Å². The lowest BCUT2D eigenvalue weighted by Crippen LogP contribution is -2.11. The first-order valence-corrected chi connectivity index (χ1v) is 7.20. The number of hydrogen-bond acceptors (Lipinski definition) is 3. The fourth-order valence-corrected chi connectivity index (χ4v) is 2.44. The van der Waals surface area contributed by atoms with Crippen LogP contribution in [0.5, 0.6) is 11.5 Å². The van der Waals surface area contributed by atoms with Crippen LogP contribution < -0.4 is 14.8 Å². The molecule has 3 heteroatoms. The Labute approximate surface area is 126 Å². The van der Waals surface area contributed by atoms with Crippen LogP contribution >= 0.6 is 0 Å². The highest BCUT2D eigenvalue weighted by Gasteiger charge is 2.07. The highest BCUT2D eigenvalue weighted by atomic mass is 16.5. The van der Waals surface area contributed by atoms with Gasteiger partial charge in [0.1, 0.15) is 0 Å². The van der Waals surface area contributed by atoms with Crippen LogP contribution in [0.4, 0.5) is 0 Å². The molecule has 0 saturated carbocycles. The summed E-state index contributed by atoms with van der Waals surface area (Å²) in [5.41, 5.74) is 3.98. The van der Waals surface area contributed by atoms with E-state index in [0.717, 1.165) is 30.9 Å². The smallest absolute Gasteiger partial charge is 0.160 e. The van der Waals surface area contributed by atoms with Gasteiger partial charge in [0.25, 0.3) is 0 Å². The summed E-state index contributed by atoms with van der Waals surface area (Å²) in [5.74, 6) is 1.55. The molecule has 2 aromatic carbocycles.